The van der Waals surface area contributed by atoms with Crippen LogP contribution in [0.4, 0.5) is 8.78 Å². The van der Waals surface area contributed by atoms with Gasteiger partial charge in [0.1, 0.15) is 11.6 Å². The number of H-pyrrole nitrogens is 1. The number of nitrogens with one attached hydrogen (secondary N) is 2. The normalized spacial score (nSPS) is 10.9. The molecule has 6 heteroatoms. The van der Waals surface area contributed by atoms with Crippen molar-refractivity contribution in [2.24, 2.45) is 7.05 Å². The largest absolute Gasteiger partial charge is 0.315 e. The number of benzene rings is 1. The molecule has 2 aromatic rings. The molecule has 1 aromatic carbocycles. The molecule has 1 aromatic heterocycles. The van der Waals surface area contributed by atoms with E-state index >= 15 is 0 Å². The van der Waals surface area contributed by atoms with E-state index in [1.165, 1.54) is 11.7 Å². The van der Waals surface area contributed by atoms with Crippen LogP contribution < -0.4 is 10.9 Å². The van der Waals surface area contributed by atoms with Crippen molar-refractivity contribution in [3.05, 3.63) is 45.8 Å². The lowest BCUT2D eigenvalue weighted by molar-refractivity contribution is 0.602. The smallest absolute Gasteiger partial charge is 0.271 e. The molecule has 0 amide bonds. The van der Waals surface area contributed by atoms with Crippen molar-refractivity contribution in [3.8, 4) is 11.3 Å². The molecule has 96 valence electrons. The number of halogens is 2. The lowest BCUT2D eigenvalue weighted by atomic mass is 10.1. The van der Waals surface area contributed by atoms with Crippen molar-refractivity contribution in [2.75, 3.05) is 7.05 Å². The van der Waals surface area contributed by atoms with Gasteiger partial charge in [-0.3, -0.25) is 14.6 Å². The average molecular weight is 253 g/mol. The van der Waals surface area contributed by atoms with Crippen molar-refractivity contribution in [3.63, 3.8) is 0 Å². The molecular formula is C12H13F2N3O. The average Bonchev–Trinajstić information content (AvgIpc) is 2.61. The lowest BCUT2D eigenvalue weighted by Gasteiger charge is -2.04. The predicted octanol–water partition coefficient (Wildman–Crippen LogP) is 1.38. The van der Waals surface area contributed by atoms with Crippen LogP contribution >= 0.6 is 0 Å². The lowest BCUT2D eigenvalue weighted by Crippen LogP contribution is -2.19. The summed E-state index contributed by atoms with van der Waals surface area (Å²) in [6.07, 6.45) is 0. The van der Waals surface area contributed by atoms with Crippen LogP contribution in [0.1, 0.15) is 5.56 Å². The van der Waals surface area contributed by atoms with Crippen LogP contribution in [0, 0.1) is 11.6 Å². The van der Waals surface area contributed by atoms with Crippen LogP contribution in [0.15, 0.2) is 23.0 Å². The van der Waals surface area contributed by atoms with E-state index in [1.807, 2.05) is 0 Å². The van der Waals surface area contributed by atoms with Gasteiger partial charge in [-0.2, -0.15) is 0 Å². The first kappa shape index (κ1) is 12.5. The summed E-state index contributed by atoms with van der Waals surface area (Å²) in [7, 11) is 3.21. The van der Waals surface area contributed by atoms with E-state index in [1.54, 1.807) is 7.05 Å². The first-order valence-electron chi connectivity index (χ1n) is 5.42. The van der Waals surface area contributed by atoms with Crippen LogP contribution in [-0.2, 0) is 13.6 Å². The topological polar surface area (TPSA) is 49.8 Å². The van der Waals surface area contributed by atoms with Gasteiger partial charge in [0.25, 0.3) is 5.56 Å². The molecule has 0 fully saturated rings. The van der Waals surface area contributed by atoms with Gasteiger partial charge in [-0.25, -0.2) is 8.78 Å². The molecule has 1 heterocycles. The van der Waals surface area contributed by atoms with Crippen molar-refractivity contribution < 1.29 is 8.78 Å². The first-order valence-corrected chi connectivity index (χ1v) is 5.42. The SMILES string of the molecule is CNCc1c(-c2cc(F)ccc2F)[nH]n(C)c1=O. The van der Waals surface area contributed by atoms with E-state index in [-0.39, 0.29) is 17.7 Å². The zero-order valence-corrected chi connectivity index (χ0v) is 10.1. The summed E-state index contributed by atoms with van der Waals surface area (Å²) in [6, 6.07) is 3.15. The first-order chi connectivity index (χ1) is 8.54. The minimum Gasteiger partial charge on any atom is -0.315 e. The van der Waals surface area contributed by atoms with E-state index in [9.17, 15) is 13.6 Å². The Morgan fingerprint density at radius 1 is 1.39 bits per heavy atom. The Morgan fingerprint density at radius 3 is 2.78 bits per heavy atom. The molecule has 2 rings (SSSR count). The number of aromatic amines is 1. The minimum atomic E-state index is -0.574. The van der Waals surface area contributed by atoms with Gasteiger partial charge in [-0.05, 0) is 25.2 Å². The van der Waals surface area contributed by atoms with Gasteiger partial charge in [0.05, 0.1) is 11.3 Å². The van der Waals surface area contributed by atoms with E-state index in [4.69, 9.17) is 0 Å². The summed E-state index contributed by atoms with van der Waals surface area (Å²) in [5.74, 6) is -1.12. The number of rotatable bonds is 3. The number of hydrogen-bond donors (Lipinski definition) is 2. The van der Waals surface area contributed by atoms with E-state index in [2.05, 4.69) is 10.4 Å². The second kappa shape index (κ2) is 4.73. The quantitative estimate of drug-likeness (QED) is 0.868. The van der Waals surface area contributed by atoms with Crippen LogP contribution in [0.5, 0.6) is 0 Å². The molecule has 0 spiro atoms. The van der Waals surface area contributed by atoms with Gasteiger partial charge in [-0.1, -0.05) is 0 Å². The Morgan fingerprint density at radius 2 is 2.11 bits per heavy atom. The van der Waals surface area contributed by atoms with Crippen LogP contribution in [-0.4, -0.2) is 16.8 Å². The van der Waals surface area contributed by atoms with Crippen LogP contribution in [0.25, 0.3) is 11.3 Å². The minimum absolute atomic E-state index is 0.0537. The molecule has 0 radical (unpaired) electrons. The Bertz CT molecular complexity index is 631. The molecule has 0 bridgehead atoms. The fraction of sp³-hybridized carbons (Fsp3) is 0.250. The van der Waals surface area contributed by atoms with Gasteiger partial charge in [0.15, 0.2) is 0 Å². The van der Waals surface area contributed by atoms with E-state index in [0.29, 0.717) is 11.3 Å². The third kappa shape index (κ3) is 2.06. The molecule has 0 unspecified atom stereocenters. The molecule has 18 heavy (non-hydrogen) atoms. The van der Waals surface area contributed by atoms with Crippen molar-refractivity contribution >= 4 is 0 Å². The summed E-state index contributed by atoms with van der Waals surface area (Å²) < 4.78 is 28.1. The van der Waals surface area contributed by atoms with Crippen molar-refractivity contribution in [1.29, 1.82) is 0 Å². The zero-order valence-electron chi connectivity index (χ0n) is 10.1. The molecule has 0 aliphatic carbocycles. The molecule has 0 atom stereocenters. The summed E-state index contributed by atoms with van der Waals surface area (Å²) >= 11 is 0. The number of aryl methyl sites for hydroxylation is 1. The van der Waals surface area contributed by atoms with Gasteiger partial charge in [0, 0.05) is 19.2 Å². The predicted molar refractivity (Wildman–Crippen MR) is 64.1 cm³/mol. The summed E-state index contributed by atoms with van der Waals surface area (Å²) in [5, 5.41) is 5.57. The highest BCUT2D eigenvalue weighted by molar-refractivity contribution is 5.63. The Balaban J connectivity index is 2.67. The number of aromatic nitrogens is 2. The maximum absolute atomic E-state index is 13.7. The van der Waals surface area contributed by atoms with Crippen LogP contribution in [0.2, 0.25) is 0 Å². The van der Waals surface area contributed by atoms with Crippen LogP contribution in [0.3, 0.4) is 0 Å². The van der Waals surface area contributed by atoms with E-state index in [0.717, 1.165) is 18.2 Å². The Hall–Kier alpha value is -1.95. The molecule has 0 aliphatic rings. The summed E-state index contributed by atoms with van der Waals surface area (Å²) in [6.45, 7) is 0.279. The summed E-state index contributed by atoms with van der Waals surface area (Å²) in [5.41, 5.74) is 0.472. The highest BCUT2D eigenvalue weighted by atomic mass is 19.1. The third-order valence-electron chi connectivity index (χ3n) is 2.70. The molecule has 2 N–H and O–H groups in total. The molecular weight excluding hydrogens is 240 g/mol. The van der Waals surface area contributed by atoms with Crippen molar-refractivity contribution in [2.45, 2.75) is 6.54 Å². The van der Waals surface area contributed by atoms with Gasteiger partial charge >= 0.3 is 0 Å². The fourth-order valence-electron chi connectivity index (χ4n) is 1.85. The fourth-order valence-corrected chi connectivity index (χ4v) is 1.85. The van der Waals surface area contributed by atoms with E-state index < -0.39 is 11.6 Å². The number of nitrogens with zero attached hydrogens (tertiary/aromatic N) is 1. The van der Waals surface area contributed by atoms with Gasteiger partial charge in [0.2, 0.25) is 0 Å². The zero-order chi connectivity index (χ0) is 13.3. The molecule has 0 saturated heterocycles. The number of hydrogen-bond acceptors (Lipinski definition) is 2. The molecule has 4 nitrogen and oxygen atoms in total. The molecule has 0 saturated carbocycles. The summed E-state index contributed by atoms with van der Waals surface area (Å²) in [4.78, 5) is 11.8. The highest BCUT2D eigenvalue weighted by Gasteiger charge is 2.17. The second-order valence-corrected chi connectivity index (χ2v) is 3.98. The Kier molecular flexibility index (Phi) is 3.29. The van der Waals surface area contributed by atoms with Gasteiger partial charge < -0.3 is 5.32 Å². The maximum atomic E-state index is 13.7. The second-order valence-electron chi connectivity index (χ2n) is 3.98. The maximum Gasteiger partial charge on any atom is 0.271 e. The monoisotopic (exact) mass is 253 g/mol. The highest BCUT2D eigenvalue weighted by Crippen LogP contribution is 2.23. The standard InChI is InChI=1S/C12H13F2N3O/c1-15-6-9-11(16-17(2)12(9)18)8-5-7(13)3-4-10(8)14/h3-5,15-16H,6H2,1-2H3. The third-order valence-corrected chi connectivity index (χ3v) is 2.70. The van der Waals surface area contributed by atoms with Crippen molar-refractivity contribution in [1.82, 2.24) is 15.1 Å². The van der Waals surface area contributed by atoms with Gasteiger partial charge in [-0.15, -0.1) is 0 Å². The Labute approximate surface area is 102 Å². The molecule has 0 aliphatic heterocycles.